The molecular formula is C23H23Cl2N5O2. The van der Waals surface area contributed by atoms with Gasteiger partial charge >= 0.3 is 0 Å². The fraction of sp³-hybridized carbons (Fsp3) is 0.348. The molecule has 0 saturated carbocycles. The monoisotopic (exact) mass is 471 g/mol. The SMILES string of the molecule is O=C(NC1(C(=O)N2CCc3c([nH]c4ccccc34)C2)CCNCC1)c1nc(Cl)ccc1Cl. The summed E-state index contributed by atoms with van der Waals surface area (Å²) in [4.78, 5) is 36.3. The van der Waals surface area contributed by atoms with Gasteiger partial charge in [-0.2, -0.15) is 0 Å². The largest absolute Gasteiger partial charge is 0.357 e. The van der Waals surface area contributed by atoms with E-state index in [0.717, 1.165) is 17.6 Å². The lowest BCUT2D eigenvalue weighted by Crippen LogP contribution is -2.64. The first-order chi connectivity index (χ1) is 15.5. The van der Waals surface area contributed by atoms with E-state index in [-0.39, 0.29) is 21.8 Å². The van der Waals surface area contributed by atoms with Crippen molar-refractivity contribution in [3.05, 3.63) is 63.5 Å². The number of pyridine rings is 1. The van der Waals surface area contributed by atoms with Crippen molar-refractivity contribution in [1.82, 2.24) is 25.5 Å². The Hall–Kier alpha value is -2.61. The second-order valence-electron chi connectivity index (χ2n) is 8.36. The van der Waals surface area contributed by atoms with E-state index in [1.807, 2.05) is 17.0 Å². The summed E-state index contributed by atoms with van der Waals surface area (Å²) in [5, 5.41) is 7.83. The number of halogens is 2. The maximum atomic E-state index is 13.8. The number of aromatic amines is 1. The molecule has 0 radical (unpaired) electrons. The summed E-state index contributed by atoms with van der Waals surface area (Å²) >= 11 is 12.1. The van der Waals surface area contributed by atoms with E-state index in [1.54, 1.807) is 0 Å². The second-order valence-corrected chi connectivity index (χ2v) is 9.15. The summed E-state index contributed by atoms with van der Waals surface area (Å²) in [5.41, 5.74) is 2.42. The molecule has 7 nitrogen and oxygen atoms in total. The van der Waals surface area contributed by atoms with E-state index in [1.165, 1.54) is 23.1 Å². The van der Waals surface area contributed by atoms with Gasteiger partial charge in [-0.15, -0.1) is 0 Å². The highest BCUT2D eigenvalue weighted by atomic mass is 35.5. The Labute approximate surface area is 195 Å². The molecule has 0 bridgehead atoms. The van der Waals surface area contributed by atoms with Crippen molar-refractivity contribution in [3.63, 3.8) is 0 Å². The maximum absolute atomic E-state index is 13.8. The number of hydrogen-bond donors (Lipinski definition) is 3. The molecule has 1 saturated heterocycles. The highest BCUT2D eigenvalue weighted by Gasteiger charge is 2.44. The fourth-order valence-corrected chi connectivity index (χ4v) is 5.11. The zero-order valence-corrected chi connectivity index (χ0v) is 18.9. The lowest BCUT2D eigenvalue weighted by molar-refractivity contribution is -0.140. The third-order valence-corrected chi connectivity index (χ3v) is 6.93. The molecule has 3 N–H and O–H groups in total. The van der Waals surface area contributed by atoms with E-state index < -0.39 is 11.4 Å². The number of para-hydroxylation sites is 1. The molecule has 2 amide bonds. The molecular weight excluding hydrogens is 449 g/mol. The number of benzene rings is 1. The van der Waals surface area contributed by atoms with Crippen molar-refractivity contribution >= 4 is 45.9 Å². The minimum atomic E-state index is -1.01. The molecule has 0 aliphatic carbocycles. The summed E-state index contributed by atoms with van der Waals surface area (Å²) in [6, 6.07) is 11.3. The number of carbonyl (C=O) groups excluding carboxylic acids is 2. The van der Waals surface area contributed by atoms with Gasteiger partial charge in [0.15, 0.2) is 0 Å². The minimum absolute atomic E-state index is 0.0291. The molecule has 166 valence electrons. The molecule has 3 aromatic rings. The van der Waals surface area contributed by atoms with Gasteiger partial charge in [-0.05, 0) is 56.1 Å². The van der Waals surface area contributed by atoms with E-state index in [0.29, 0.717) is 39.0 Å². The standard InChI is InChI=1S/C23H23Cl2N5O2/c24-16-5-6-19(25)28-20(16)21(31)29-23(8-10-26-11-9-23)22(32)30-12-7-15-14-3-1-2-4-17(14)27-18(15)13-30/h1-6,26-27H,7-13H2,(H,29,31). The van der Waals surface area contributed by atoms with Crippen LogP contribution >= 0.6 is 23.2 Å². The Kier molecular flexibility index (Phi) is 5.57. The summed E-state index contributed by atoms with van der Waals surface area (Å²) < 4.78 is 0. The van der Waals surface area contributed by atoms with Crippen molar-refractivity contribution in [2.75, 3.05) is 19.6 Å². The smallest absolute Gasteiger partial charge is 0.272 e. The Bertz CT molecular complexity index is 1200. The van der Waals surface area contributed by atoms with Gasteiger partial charge in [-0.3, -0.25) is 9.59 Å². The van der Waals surface area contributed by atoms with Crippen LogP contribution in [0.3, 0.4) is 0 Å². The lowest BCUT2D eigenvalue weighted by Gasteiger charge is -2.41. The van der Waals surface area contributed by atoms with Crippen LogP contribution in [0.4, 0.5) is 0 Å². The molecule has 2 aliphatic rings. The first kappa shape index (κ1) is 21.2. The number of amides is 2. The van der Waals surface area contributed by atoms with Crippen LogP contribution in [0.1, 0.15) is 34.6 Å². The third-order valence-electron chi connectivity index (χ3n) is 6.42. The van der Waals surface area contributed by atoms with Crippen LogP contribution in [0, 0.1) is 0 Å². The van der Waals surface area contributed by atoms with Crippen LogP contribution in [0.2, 0.25) is 10.2 Å². The summed E-state index contributed by atoms with van der Waals surface area (Å²) in [5.74, 6) is -0.564. The Morgan fingerprint density at radius 3 is 2.69 bits per heavy atom. The quantitative estimate of drug-likeness (QED) is 0.511. The van der Waals surface area contributed by atoms with Crippen molar-refractivity contribution < 1.29 is 9.59 Å². The average molecular weight is 472 g/mol. The summed E-state index contributed by atoms with van der Waals surface area (Å²) in [7, 11) is 0. The van der Waals surface area contributed by atoms with Crippen LogP contribution in [0.25, 0.3) is 10.9 Å². The molecule has 1 fully saturated rings. The maximum Gasteiger partial charge on any atom is 0.272 e. The van der Waals surface area contributed by atoms with Crippen molar-refractivity contribution in [3.8, 4) is 0 Å². The van der Waals surface area contributed by atoms with Gasteiger partial charge in [0.05, 0.1) is 11.6 Å². The number of nitrogens with one attached hydrogen (secondary N) is 3. The van der Waals surface area contributed by atoms with Gasteiger partial charge in [0.2, 0.25) is 5.91 Å². The van der Waals surface area contributed by atoms with E-state index in [9.17, 15) is 9.59 Å². The molecule has 2 aliphatic heterocycles. The molecule has 32 heavy (non-hydrogen) atoms. The molecule has 1 aromatic carbocycles. The first-order valence-electron chi connectivity index (χ1n) is 10.7. The highest BCUT2D eigenvalue weighted by molar-refractivity contribution is 6.34. The number of aromatic nitrogens is 2. The predicted octanol–water partition coefficient (Wildman–Crippen LogP) is 3.31. The molecule has 0 atom stereocenters. The first-order valence-corrected chi connectivity index (χ1v) is 11.5. The number of fused-ring (bicyclic) bond motifs is 3. The van der Waals surface area contributed by atoms with Gasteiger partial charge in [-0.25, -0.2) is 4.98 Å². The lowest BCUT2D eigenvalue weighted by atomic mass is 9.85. The normalized spacial score (nSPS) is 17.8. The molecule has 0 unspecified atom stereocenters. The van der Waals surface area contributed by atoms with Crippen LogP contribution in [0.15, 0.2) is 36.4 Å². The summed E-state index contributed by atoms with van der Waals surface area (Å²) in [6.45, 7) is 2.36. The Balaban J connectivity index is 1.42. The van der Waals surface area contributed by atoms with Crippen molar-refractivity contribution in [1.29, 1.82) is 0 Å². The van der Waals surface area contributed by atoms with Crippen LogP contribution in [0.5, 0.6) is 0 Å². The molecule has 0 spiro atoms. The number of nitrogens with zero attached hydrogens (tertiary/aromatic N) is 2. The van der Waals surface area contributed by atoms with Gasteiger partial charge in [0, 0.05) is 23.1 Å². The van der Waals surface area contributed by atoms with Crippen molar-refractivity contribution in [2.24, 2.45) is 0 Å². The van der Waals surface area contributed by atoms with Gasteiger partial charge in [0.25, 0.3) is 5.91 Å². The molecule has 4 heterocycles. The number of piperidine rings is 1. The number of carbonyl (C=O) groups is 2. The predicted molar refractivity (Wildman–Crippen MR) is 124 cm³/mol. The molecule has 9 heteroatoms. The number of H-pyrrole nitrogens is 1. The zero-order valence-electron chi connectivity index (χ0n) is 17.4. The average Bonchev–Trinajstić information content (AvgIpc) is 3.18. The minimum Gasteiger partial charge on any atom is -0.357 e. The van der Waals surface area contributed by atoms with Gasteiger partial charge in [-0.1, -0.05) is 41.4 Å². The third kappa shape index (κ3) is 3.74. The van der Waals surface area contributed by atoms with Gasteiger partial charge in [0.1, 0.15) is 16.4 Å². The second kappa shape index (κ2) is 8.39. The Morgan fingerprint density at radius 2 is 1.88 bits per heavy atom. The Morgan fingerprint density at radius 1 is 1.09 bits per heavy atom. The zero-order chi connectivity index (χ0) is 22.3. The molecule has 2 aromatic heterocycles. The van der Waals surface area contributed by atoms with E-state index in [2.05, 4.69) is 32.7 Å². The summed E-state index contributed by atoms with van der Waals surface area (Å²) in [6.07, 6.45) is 1.76. The molecule has 5 rings (SSSR count). The number of rotatable bonds is 3. The fourth-order valence-electron chi connectivity index (χ4n) is 4.77. The van der Waals surface area contributed by atoms with Crippen LogP contribution in [-0.2, 0) is 17.8 Å². The van der Waals surface area contributed by atoms with E-state index in [4.69, 9.17) is 23.2 Å². The number of hydrogen-bond acceptors (Lipinski definition) is 4. The van der Waals surface area contributed by atoms with Crippen LogP contribution in [-0.4, -0.2) is 51.9 Å². The van der Waals surface area contributed by atoms with Gasteiger partial charge < -0.3 is 20.5 Å². The van der Waals surface area contributed by atoms with E-state index >= 15 is 0 Å². The highest BCUT2D eigenvalue weighted by Crippen LogP contribution is 2.30. The topological polar surface area (TPSA) is 90.1 Å². The van der Waals surface area contributed by atoms with Crippen LogP contribution < -0.4 is 10.6 Å². The van der Waals surface area contributed by atoms with Crippen molar-refractivity contribution in [2.45, 2.75) is 31.3 Å².